The highest BCUT2D eigenvalue weighted by molar-refractivity contribution is 7.99. The molecule has 2 rings (SSSR count). The van der Waals surface area contributed by atoms with E-state index in [2.05, 4.69) is 4.72 Å². The molecule has 0 saturated carbocycles. The molecule has 1 aliphatic rings. The molecule has 18 heavy (non-hydrogen) atoms. The van der Waals surface area contributed by atoms with Crippen LogP contribution in [0.1, 0.15) is 12.0 Å². The Kier molecular flexibility index (Phi) is 4.55. The highest BCUT2D eigenvalue weighted by Crippen LogP contribution is 2.22. The van der Waals surface area contributed by atoms with E-state index >= 15 is 0 Å². The third-order valence-electron chi connectivity index (χ3n) is 2.80. The lowest BCUT2D eigenvalue weighted by Crippen LogP contribution is -2.34. The van der Waals surface area contributed by atoms with Crippen molar-refractivity contribution in [1.82, 2.24) is 4.72 Å². The van der Waals surface area contributed by atoms with Crippen LogP contribution in [-0.2, 0) is 16.6 Å². The van der Waals surface area contributed by atoms with E-state index in [0.29, 0.717) is 10.6 Å². The van der Waals surface area contributed by atoms with E-state index in [0.717, 1.165) is 17.9 Å². The highest BCUT2D eigenvalue weighted by Gasteiger charge is 2.23. The summed E-state index contributed by atoms with van der Waals surface area (Å²) >= 11 is 7.68. The van der Waals surface area contributed by atoms with Crippen molar-refractivity contribution in [2.45, 2.75) is 23.9 Å². The molecule has 1 atom stereocenters. The number of benzene rings is 1. The summed E-state index contributed by atoms with van der Waals surface area (Å²) in [4.78, 5) is 0.226. The zero-order valence-electron chi connectivity index (χ0n) is 9.73. The van der Waals surface area contributed by atoms with Crippen molar-refractivity contribution in [2.75, 3.05) is 11.5 Å². The molecular formula is C11H15ClN2O2S2. The molecule has 1 saturated heterocycles. The van der Waals surface area contributed by atoms with Crippen LogP contribution in [0.5, 0.6) is 0 Å². The van der Waals surface area contributed by atoms with Crippen LogP contribution in [-0.4, -0.2) is 26.0 Å². The Morgan fingerprint density at radius 1 is 1.50 bits per heavy atom. The minimum absolute atomic E-state index is 0.0250. The molecule has 0 aliphatic carbocycles. The number of hydrogen-bond acceptors (Lipinski definition) is 4. The normalized spacial score (nSPS) is 20.2. The topological polar surface area (TPSA) is 72.2 Å². The van der Waals surface area contributed by atoms with E-state index in [9.17, 15) is 8.42 Å². The van der Waals surface area contributed by atoms with Gasteiger partial charge < -0.3 is 5.73 Å². The summed E-state index contributed by atoms with van der Waals surface area (Å²) in [6.07, 6.45) is 0.876. The van der Waals surface area contributed by atoms with E-state index in [1.54, 1.807) is 17.8 Å². The highest BCUT2D eigenvalue weighted by atomic mass is 35.5. The van der Waals surface area contributed by atoms with Crippen LogP contribution in [0, 0.1) is 0 Å². The van der Waals surface area contributed by atoms with Crippen molar-refractivity contribution >= 4 is 33.4 Å². The molecule has 1 aromatic carbocycles. The third kappa shape index (κ3) is 3.19. The summed E-state index contributed by atoms with van der Waals surface area (Å²) < 4.78 is 27.0. The van der Waals surface area contributed by atoms with Gasteiger partial charge in [-0.3, -0.25) is 0 Å². The number of nitrogens with two attached hydrogens (primary N) is 1. The number of rotatable bonds is 4. The quantitative estimate of drug-likeness (QED) is 0.886. The number of halogens is 1. The van der Waals surface area contributed by atoms with E-state index in [1.807, 2.05) is 0 Å². The Balaban J connectivity index is 2.23. The van der Waals surface area contributed by atoms with Gasteiger partial charge in [-0.15, -0.1) is 0 Å². The molecule has 7 heteroatoms. The van der Waals surface area contributed by atoms with Gasteiger partial charge in [0.15, 0.2) is 0 Å². The summed E-state index contributed by atoms with van der Waals surface area (Å²) in [6, 6.07) is 4.64. The number of nitrogens with one attached hydrogen (secondary N) is 1. The van der Waals surface area contributed by atoms with Crippen LogP contribution in [0.3, 0.4) is 0 Å². The van der Waals surface area contributed by atoms with Gasteiger partial charge in [0, 0.05) is 23.4 Å². The first-order valence-electron chi connectivity index (χ1n) is 5.61. The summed E-state index contributed by atoms with van der Waals surface area (Å²) in [5.74, 6) is 1.83. The Morgan fingerprint density at radius 3 is 2.89 bits per heavy atom. The van der Waals surface area contributed by atoms with Gasteiger partial charge in [0.05, 0.1) is 4.90 Å². The van der Waals surface area contributed by atoms with Crippen molar-refractivity contribution < 1.29 is 8.42 Å². The first-order chi connectivity index (χ1) is 8.53. The minimum atomic E-state index is -3.47. The van der Waals surface area contributed by atoms with Gasteiger partial charge in [0.1, 0.15) is 0 Å². The van der Waals surface area contributed by atoms with Gasteiger partial charge in [-0.25, -0.2) is 13.1 Å². The monoisotopic (exact) mass is 306 g/mol. The molecule has 1 fully saturated rings. The van der Waals surface area contributed by atoms with Gasteiger partial charge in [0.25, 0.3) is 0 Å². The zero-order chi connectivity index (χ0) is 13.2. The van der Waals surface area contributed by atoms with Gasteiger partial charge in [0.2, 0.25) is 10.0 Å². The molecule has 1 heterocycles. The van der Waals surface area contributed by atoms with Crippen LogP contribution < -0.4 is 10.5 Å². The van der Waals surface area contributed by atoms with Gasteiger partial charge in [-0.05, 0) is 35.9 Å². The lowest BCUT2D eigenvalue weighted by molar-refractivity contribution is 0.563. The fourth-order valence-electron chi connectivity index (χ4n) is 1.79. The van der Waals surface area contributed by atoms with Crippen LogP contribution in [0.25, 0.3) is 0 Å². The predicted molar refractivity (Wildman–Crippen MR) is 75.4 cm³/mol. The Morgan fingerprint density at radius 2 is 2.28 bits per heavy atom. The molecule has 0 radical (unpaired) electrons. The fraction of sp³-hybridized carbons (Fsp3) is 0.455. The number of thioether (sulfide) groups is 1. The van der Waals surface area contributed by atoms with Crippen molar-refractivity contribution in [3.05, 3.63) is 28.8 Å². The first kappa shape index (κ1) is 14.1. The maximum absolute atomic E-state index is 12.2. The maximum atomic E-state index is 12.2. The molecule has 0 spiro atoms. The van der Waals surface area contributed by atoms with Gasteiger partial charge in [-0.1, -0.05) is 11.6 Å². The SMILES string of the molecule is NCc1cc(S(=O)(=O)NC2CCSC2)ccc1Cl. The van der Waals surface area contributed by atoms with Gasteiger partial charge >= 0.3 is 0 Å². The maximum Gasteiger partial charge on any atom is 0.240 e. The summed E-state index contributed by atoms with van der Waals surface area (Å²) in [7, 11) is -3.47. The zero-order valence-corrected chi connectivity index (χ0v) is 12.1. The molecule has 0 bridgehead atoms. The van der Waals surface area contributed by atoms with Crippen LogP contribution in [0.2, 0.25) is 5.02 Å². The molecule has 1 aliphatic heterocycles. The second-order valence-corrected chi connectivity index (χ2v) is 7.41. The molecule has 0 amide bonds. The number of hydrogen-bond donors (Lipinski definition) is 2. The van der Waals surface area contributed by atoms with Crippen molar-refractivity contribution in [3.8, 4) is 0 Å². The van der Waals surface area contributed by atoms with Crippen LogP contribution >= 0.6 is 23.4 Å². The molecule has 3 N–H and O–H groups in total. The molecule has 4 nitrogen and oxygen atoms in total. The average Bonchev–Trinajstić information content (AvgIpc) is 2.81. The summed E-state index contributed by atoms with van der Waals surface area (Å²) in [6.45, 7) is 0.224. The lowest BCUT2D eigenvalue weighted by atomic mass is 10.2. The van der Waals surface area contributed by atoms with Gasteiger partial charge in [-0.2, -0.15) is 11.8 Å². The average molecular weight is 307 g/mol. The van der Waals surface area contributed by atoms with Crippen molar-refractivity contribution in [3.63, 3.8) is 0 Å². The molecule has 100 valence electrons. The van der Waals surface area contributed by atoms with Crippen LogP contribution in [0.15, 0.2) is 23.1 Å². The van der Waals surface area contributed by atoms with Crippen LogP contribution in [0.4, 0.5) is 0 Å². The second kappa shape index (κ2) is 5.79. The standard InChI is InChI=1S/C11H15ClN2O2S2/c12-11-2-1-10(5-8(11)6-13)18(15,16)14-9-3-4-17-7-9/h1-2,5,9,14H,3-4,6-7,13H2. The van der Waals surface area contributed by atoms with Crippen molar-refractivity contribution in [2.24, 2.45) is 5.73 Å². The van der Waals surface area contributed by atoms with E-state index in [4.69, 9.17) is 17.3 Å². The predicted octanol–water partition coefficient (Wildman–Crippen LogP) is 1.58. The molecule has 1 aromatic rings. The van der Waals surface area contributed by atoms with E-state index < -0.39 is 10.0 Å². The Bertz CT molecular complexity index is 528. The lowest BCUT2D eigenvalue weighted by Gasteiger charge is -2.13. The summed E-state index contributed by atoms with van der Waals surface area (Å²) in [5.41, 5.74) is 6.16. The first-order valence-corrected chi connectivity index (χ1v) is 8.63. The number of sulfonamides is 1. The fourth-order valence-corrected chi connectivity index (χ4v) is 4.56. The third-order valence-corrected chi connectivity index (χ3v) is 5.85. The summed E-state index contributed by atoms with van der Waals surface area (Å²) in [5, 5.41) is 0.493. The smallest absolute Gasteiger partial charge is 0.240 e. The minimum Gasteiger partial charge on any atom is -0.326 e. The second-order valence-electron chi connectivity index (χ2n) is 4.14. The Labute approximate surface area is 116 Å². The largest absolute Gasteiger partial charge is 0.326 e. The molecular weight excluding hydrogens is 292 g/mol. The van der Waals surface area contributed by atoms with Crippen molar-refractivity contribution in [1.29, 1.82) is 0 Å². The molecule has 1 unspecified atom stereocenters. The Hall–Kier alpha value is -0.270. The molecule has 0 aromatic heterocycles. The van der Waals surface area contributed by atoms with E-state index in [-0.39, 0.29) is 17.5 Å². The van der Waals surface area contributed by atoms with E-state index in [1.165, 1.54) is 12.1 Å².